The number of thioether (sulfide) groups is 1. The van der Waals surface area contributed by atoms with Crippen molar-refractivity contribution in [1.82, 2.24) is 4.90 Å². The van der Waals surface area contributed by atoms with Crippen LogP contribution in [0, 0.1) is 0 Å². The fourth-order valence-electron chi connectivity index (χ4n) is 2.70. The Bertz CT molecular complexity index is 704. The third kappa shape index (κ3) is 5.83. The summed E-state index contributed by atoms with van der Waals surface area (Å²) in [5.41, 5.74) is -1.32. The van der Waals surface area contributed by atoms with E-state index in [9.17, 15) is 14.0 Å². The van der Waals surface area contributed by atoms with Crippen molar-refractivity contribution in [2.45, 2.75) is 95.5 Å². The van der Waals surface area contributed by atoms with Crippen molar-refractivity contribution in [3.8, 4) is 0 Å². The molecule has 2 rings (SSSR count). The fraction of sp³-hybridized carbons (Fsp3) is 0.850. The molecule has 1 amide bonds. The number of hydrogen-bond donors (Lipinski definition) is 0. The second-order valence-corrected chi connectivity index (χ2v) is 16.1. The van der Waals surface area contributed by atoms with E-state index in [-0.39, 0.29) is 10.2 Å². The van der Waals surface area contributed by atoms with E-state index < -0.39 is 49.5 Å². The Kier molecular flexibility index (Phi) is 7.48. The summed E-state index contributed by atoms with van der Waals surface area (Å²) in [7, 11) is -0.449. The predicted molar refractivity (Wildman–Crippen MR) is 119 cm³/mol. The van der Waals surface area contributed by atoms with Gasteiger partial charge in [0.25, 0.3) is 0 Å². The van der Waals surface area contributed by atoms with E-state index >= 15 is 0 Å². The number of ketones is 1. The van der Waals surface area contributed by atoms with Gasteiger partial charge in [-0.15, -0.1) is 0 Å². The van der Waals surface area contributed by atoms with Gasteiger partial charge in [0.05, 0.1) is 0 Å². The van der Waals surface area contributed by atoms with Crippen LogP contribution in [0.5, 0.6) is 0 Å². The summed E-state index contributed by atoms with van der Waals surface area (Å²) in [4.78, 5) is 30.2. The molecule has 0 spiro atoms. The van der Waals surface area contributed by atoms with Crippen LogP contribution in [0.25, 0.3) is 0 Å². The maximum atomic E-state index is 14.8. The van der Waals surface area contributed by atoms with Gasteiger partial charge in [0.15, 0.2) is 25.4 Å². The number of Topliss-reactive ketones (excluding diaryl/α,β-unsaturated/α-hetero) is 1. The lowest BCUT2D eigenvalue weighted by atomic mass is 9.99. The van der Waals surface area contributed by atoms with Gasteiger partial charge in [-0.2, -0.15) is 0 Å². The van der Waals surface area contributed by atoms with Crippen LogP contribution < -0.4 is 0 Å². The van der Waals surface area contributed by atoms with Crippen LogP contribution in [0.2, 0.25) is 18.1 Å². The summed E-state index contributed by atoms with van der Waals surface area (Å²) in [5, 5.41) is 0.335. The summed E-state index contributed by atoms with van der Waals surface area (Å²) in [6, 6.07) is -0.958. The molecule has 4 atom stereocenters. The predicted octanol–water partition coefficient (Wildman–Crippen LogP) is 4.37. The first-order chi connectivity index (χ1) is 13.5. The normalized spacial score (nSPS) is 27.5. The van der Waals surface area contributed by atoms with Crippen LogP contribution in [-0.4, -0.2) is 73.3 Å². The molecule has 0 N–H and O–H groups in total. The zero-order valence-electron chi connectivity index (χ0n) is 19.4. The van der Waals surface area contributed by atoms with Gasteiger partial charge < -0.3 is 13.9 Å². The highest BCUT2D eigenvalue weighted by Gasteiger charge is 2.50. The molecular formula is C20H35FN2O5SSi. The van der Waals surface area contributed by atoms with E-state index in [0.717, 1.165) is 11.8 Å². The van der Waals surface area contributed by atoms with Crippen molar-refractivity contribution in [1.29, 1.82) is 0 Å². The molecule has 0 aromatic heterocycles. The van der Waals surface area contributed by atoms with E-state index in [1.54, 1.807) is 20.8 Å². The Morgan fingerprint density at radius 2 is 1.87 bits per heavy atom. The Morgan fingerprint density at radius 1 is 1.27 bits per heavy atom. The molecule has 7 nitrogen and oxygen atoms in total. The maximum Gasteiger partial charge on any atom is 0.416 e. The number of halogens is 1. The standard InChI is InChI=1S/C20H35FN2O5SSi/c1-19(2,3)28-18(25)23(7)17-22-14-13(21)15(24)12(27-16(14)29-17)10-11-26-30(8,9)20(4,5)6/h12-14,16H,10-11H2,1-9H3/t12-,13-,14-,16-/m1/s1. The van der Waals surface area contributed by atoms with E-state index in [2.05, 4.69) is 38.9 Å². The van der Waals surface area contributed by atoms with Gasteiger partial charge in [0.1, 0.15) is 23.2 Å². The van der Waals surface area contributed by atoms with Crippen LogP contribution >= 0.6 is 11.8 Å². The maximum absolute atomic E-state index is 14.8. The Labute approximate surface area is 184 Å². The number of ether oxygens (including phenoxy) is 2. The van der Waals surface area contributed by atoms with Crippen molar-refractivity contribution < 1.29 is 27.9 Å². The van der Waals surface area contributed by atoms with Gasteiger partial charge in [0, 0.05) is 20.1 Å². The number of carbonyl (C=O) groups excluding carboxylic acids is 2. The third-order valence-electron chi connectivity index (χ3n) is 5.55. The molecule has 30 heavy (non-hydrogen) atoms. The van der Waals surface area contributed by atoms with E-state index in [4.69, 9.17) is 13.9 Å². The minimum Gasteiger partial charge on any atom is -0.443 e. The third-order valence-corrected chi connectivity index (χ3v) is 11.3. The average Bonchev–Trinajstić information content (AvgIpc) is 3.00. The number of alkyl halides is 1. The zero-order valence-corrected chi connectivity index (χ0v) is 21.3. The zero-order chi connectivity index (χ0) is 23.1. The lowest BCUT2D eigenvalue weighted by molar-refractivity contribution is -0.147. The molecular weight excluding hydrogens is 427 g/mol. The number of hydrogen-bond acceptors (Lipinski definition) is 7. The molecule has 0 unspecified atom stereocenters. The van der Waals surface area contributed by atoms with Crippen molar-refractivity contribution >= 4 is 37.1 Å². The highest BCUT2D eigenvalue weighted by atomic mass is 32.2. The molecule has 0 aromatic carbocycles. The molecule has 1 saturated heterocycles. The minimum atomic E-state index is -1.96. The fourth-order valence-corrected chi connectivity index (χ4v) is 4.91. The molecule has 0 radical (unpaired) electrons. The Morgan fingerprint density at radius 3 is 2.40 bits per heavy atom. The SMILES string of the molecule is CN(C(=O)OC(C)(C)C)C1=N[C@H]2[C@H](O[C@H](CCO[Si](C)(C)C(C)(C)C)C(=O)[C@@H]2F)S1. The Balaban J connectivity index is 1.98. The first kappa shape index (κ1) is 25.3. The second-order valence-electron chi connectivity index (χ2n) is 10.3. The molecule has 0 aromatic rings. The first-order valence-corrected chi connectivity index (χ1v) is 14.0. The molecule has 0 saturated carbocycles. The van der Waals surface area contributed by atoms with Crippen molar-refractivity contribution in [3.05, 3.63) is 0 Å². The monoisotopic (exact) mass is 462 g/mol. The number of nitrogens with zero attached hydrogens (tertiary/aromatic N) is 2. The lowest BCUT2D eigenvalue weighted by Crippen LogP contribution is -2.50. The number of rotatable bonds is 4. The highest BCUT2D eigenvalue weighted by Crippen LogP contribution is 2.39. The molecule has 2 aliphatic heterocycles. The second kappa shape index (κ2) is 8.88. The first-order valence-electron chi connectivity index (χ1n) is 10.2. The topological polar surface area (TPSA) is 77.4 Å². The van der Waals surface area contributed by atoms with Crippen molar-refractivity contribution in [3.63, 3.8) is 0 Å². The van der Waals surface area contributed by atoms with Gasteiger partial charge in [0.2, 0.25) is 0 Å². The highest BCUT2D eigenvalue weighted by molar-refractivity contribution is 8.14. The molecule has 0 aliphatic carbocycles. The Hall–Kier alpha value is -0.973. The number of carbonyl (C=O) groups is 2. The summed E-state index contributed by atoms with van der Waals surface area (Å²) in [5.74, 6) is -0.611. The molecule has 2 aliphatic rings. The van der Waals surface area contributed by atoms with Crippen molar-refractivity contribution in [2.24, 2.45) is 4.99 Å². The molecule has 2 heterocycles. The number of fused-ring (bicyclic) bond motifs is 1. The van der Waals surface area contributed by atoms with Crippen LogP contribution in [0.3, 0.4) is 0 Å². The molecule has 0 bridgehead atoms. The van der Waals surface area contributed by atoms with Crippen LogP contribution in [0.1, 0.15) is 48.0 Å². The van der Waals surface area contributed by atoms with Gasteiger partial charge in [-0.3, -0.25) is 14.7 Å². The molecule has 1 fully saturated rings. The smallest absolute Gasteiger partial charge is 0.416 e. The summed E-state index contributed by atoms with van der Waals surface area (Å²) >= 11 is 1.14. The molecule has 172 valence electrons. The van der Waals surface area contributed by atoms with Crippen LogP contribution in [0.4, 0.5) is 9.18 Å². The van der Waals surface area contributed by atoms with Gasteiger partial charge in [-0.25, -0.2) is 9.18 Å². The average molecular weight is 463 g/mol. The number of amides is 1. The van der Waals surface area contributed by atoms with E-state index in [0.29, 0.717) is 13.0 Å². The largest absolute Gasteiger partial charge is 0.443 e. The summed E-state index contributed by atoms with van der Waals surface area (Å²) < 4.78 is 32.1. The van der Waals surface area contributed by atoms with Gasteiger partial charge in [-0.1, -0.05) is 32.5 Å². The summed E-state index contributed by atoms with van der Waals surface area (Å²) in [6.45, 7) is 16.3. The minimum absolute atomic E-state index is 0.0500. The van der Waals surface area contributed by atoms with Crippen molar-refractivity contribution in [2.75, 3.05) is 13.7 Å². The van der Waals surface area contributed by atoms with E-state index in [1.807, 2.05) is 0 Å². The number of amidine groups is 1. The molecule has 10 heteroatoms. The van der Waals surface area contributed by atoms with Crippen LogP contribution in [-0.2, 0) is 18.7 Å². The lowest BCUT2D eigenvalue weighted by Gasteiger charge is -2.37. The van der Waals surface area contributed by atoms with E-state index in [1.165, 1.54) is 11.9 Å². The van der Waals surface area contributed by atoms with Gasteiger partial charge >= 0.3 is 6.09 Å². The number of aliphatic imine (C=N–C) groups is 1. The summed E-state index contributed by atoms with van der Waals surface area (Å²) in [6.07, 6.45) is -2.93. The van der Waals surface area contributed by atoms with Gasteiger partial charge in [-0.05, 0) is 38.9 Å². The van der Waals surface area contributed by atoms with Crippen LogP contribution in [0.15, 0.2) is 4.99 Å². The quantitative estimate of drug-likeness (QED) is 0.578.